The summed E-state index contributed by atoms with van der Waals surface area (Å²) >= 11 is 0. The Balaban J connectivity index is 1.84. The van der Waals surface area contributed by atoms with E-state index in [0.717, 1.165) is 5.41 Å². The van der Waals surface area contributed by atoms with Gasteiger partial charge in [-0.05, 0) is 37.9 Å². The third-order valence-electron chi connectivity index (χ3n) is 3.36. The molecule has 2 saturated heterocycles. The maximum Gasteiger partial charge on any atom is 0.00212 e. The van der Waals surface area contributed by atoms with Gasteiger partial charge >= 0.3 is 0 Å². The van der Waals surface area contributed by atoms with Crippen LogP contribution in [-0.2, 0) is 0 Å². The summed E-state index contributed by atoms with van der Waals surface area (Å²) in [6, 6.07) is 0. The minimum absolute atomic E-state index is 0.728. The standard InChI is InChI=1S/C9H18N2/c1-2-11-5-3-9(4-6-11)7-10-8-9/h10H,2-8H2,1H3. The number of nitrogens with zero attached hydrogens (tertiary/aromatic N) is 1. The zero-order valence-electron chi connectivity index (χ0n) is 7.40. The number of nitrogens with one attached hydrogen (secondary N) is 1. The topological polar surface area (TPSA) is 15.3 Å². The van der Waals surface area contributed by atoms with Crippen molar-refractivity contribution in [3.8, 4) is 0 Å². The van der Waals surface area contributed by atoms with E-state index < -0.39 is 0 Å². The summed E-state index contributed by atoms with van der Waals surface area (Å²) in [6.45, 7) is 8.73. The molecule has 2 rings (SSSR count). The average Bonchev–Trinajstić information content (AvgIpc) is 2.02. The van der Waals surface area contributed by atoms with Crippen LogP contribution in [-0.4, -0.2) is 37.6 Å². The van der Waals surface area contributed by atoms with Crippen molar-refractivity contribution < 1.29 is 0 Å². The monoisotopic (exact) mass is 154 g/mol. The molecule has 2 aliphatic heterocycles. The molecule has 2 heteroatoms. The van der Waals surface area contributed by atoms with Gasteiger partial charge < -0.3 is 10.2 Å². The van der Waals surface area contributed by atoms with E-state index in [4.69, 9.17) is 0 Å². The lowest BCUT2D eigenvalue weighted by Gasteiger charge is -2.48. The molecule has 0 aromatic heterocycles. The minimum Gasteiger partial charge on any atom is -0.316 e. The highest BCUT2D eigenvalue weighted by molar-refractivity contribution is 4.95. The summed E-state index contributed by atoms with van der Waals surface area (Å²) in [6.07, 6.45) is 2.85. The third kappa shape index (κ3) is 1.30. The molecule has 0 bridgehead atoms. The van der Waals surface area contributed by atoms with Gasteiger partial charge in [-0.3, -0.25) is 0 Å². The van der Waals surface area contributed by atoms with Crippen molar-refractivity contribution in [1.82, 2.24) is 10.2 Å². The Labute approximate surface area is 69.0 Å². The maximum atomic E-state index is 3.39. The van der Waals surface area contributed by atoms with Crippen molar-refractivity contribution in [2.24, 2.45) is 5.41 Å². The Morgan fingerprint density at radius 2 is 1.91 bits per heavy atom. The normalized spacial score (nSPS) is 30.3. The highest BCUT2D eigenvalue weighted by Crippen LogP contribution is 2.34. The molecule has 0 atom stereocenters. The van der Waals surface area contributed by atoms with E-state index in [0.29, 0.717) is 0 Å². The fraction of sp³-hybridized carbons (Fsp3) is 1.00. The highest BCUT2D eigenvalue weighted by Gasteiger charge is 2.38. The molecule has 0 unspecified atom stereocenters. The Morgan fingerprint density at radius 3 is 2.27 bits per heavy atom. The molecule has 0 saturated carbocycles. The van der Waals surface area contributed by atoms with E-state index in [-0.39, 0.29) is 0 Å². The molecule has 2 nitrogen and oxygen atoms in total. The van der Waals surface area contributed by atoms with Gasteiger partial charge in [0.25, 0.3) is 0 Å². The van der Waals surface area contributed by atoms with Gasteiger partial charge in [0.1, 0.15) is 0 Å². The van der Waals surface area contributed by atoms with Crippen molar-refractivity contribution in [2.45, 2.75) is 19.8 Å². The lowest BCUT2D eigenvalue weighted by Crippen LogP contribution is -2.58. The molecule has 1 N–H and O–H groups in total. The Morgan fingerprint density at radius 1 is 1.27 bits per heavy atom. The first-order chi connectivity index (χ1) is 5.35. The van der Waals surface area contributed by atoms with E-state index in [2.05, 4.69) is 17.1 Å². The molecule has 0 radical (unpaired) electrons. The van der Waals surface area contributed by atoms with E-state index in [1.165, 1.54) is 45.6 Å². The zero-order valence-corrected chi connectivity index (χ0v) is 7.40. The van der Waals surface area contributed by atoms with Crippen molar-refractivity contribution >= 4 is 0 Å². The van der Waals surface area contributed by atoms with E-state index in [9.17, 15) is 0 Å². The quantitative estimate of drug-likeness (QED) is 0.598. The van der Waals surface area contributed by atoms with Crippen LogP contribution in [0.25, 0.3) is 0 Å². The molecule has 2 aliphatic rings. The van der Waals surface area contributed by atoms with Gasteiger partial charge in [0, 0.05) is 13.1 Å². The summed E-state index contributed by atoms with van der Waals surface area (Å²) in [7, 11) is 0. The van der Waals surface area contributed by atoms with Crippen molar-refractivity contribution in [3.05, 3.63) is 0 Å². The Bertz CT molecular complexity index is 130. The second-order valence-electron chi connectivity index (χ2n) is 4.04. The fourth-order valence-corrected chi connectivity index (χ4v) is 2.18. The van der Waals surface area contributed by atoms with Crippen molar-refractivity contribution in [1.29, 1.82) is 0 Å². The van der Waals surface area contributed by atoms with Crippen LogP contribution in [0.15, 0.2) is 0 Å². The molecular formula is C9H18N2. The molecule has 0 aromatic rings. The summed E-state index contributed by atoms with van der Waals surface area (Å²) in [5.74, 6) is 0. The average molecular weight is 154 g/mol. The van der Waals surface area contributed by atoms with E-state index in [1.807, 2.05) is 0 Å². The molecule has 2 heterocycles. The second kappa shape index (κ2) is 2.76. The molecular weight excluding hydrogens is 136 g/mol. The number of piperidine rings is 1. The van der Waals surface area contributed by atoms with Crippen LogP contribution < -0.4 is 5.32 Å². The minimum atomic E-state index is 0.728. The summed E-state index contributed by atoms with van der Waals surface area (Å²) in [5.41, 5.74) is 0.728. The summed E-state index contributed by atoms with van der Waals surface area (Å²) in [5, 5.41) is 3.39. The first-order valence-corrected chi connectivity index (χ1v) is 4.78. The number of likely N-dealkylation sites (tertiary alicyclic amines) is 1. The van der Waals surface area contributed by atoms with Gasteiger partial charge in [-0.15, -0.1) is 0 Å². The van der Waals surface area contributed by atoms with Crippen LogP contribution in [0.1, 0.15) is 19.8 Å². The van der Waals surface area contributed by atoms with Gasteiger partial charge in [0.2, 0.25) is 0 Å². The molecule has 1 spiro atoms. The molecule has 64 valence electrons. The molecule has 2 fully saturated rings. The lowest BCUT2D eigenvalue weighted by molar-refractivity contribution is 0.0579. The predicted molar refractivity (Wildman–Crippen MR) is 46.7 cm³/mol. The van der Waals surface area contributed by atoms with Crippen LogP contribution in [0.3, 0.4) is 0 Å². The molecule has 11 heavy (non-hydrogen) atoms. The SMILES string of the molecule is CCN1CCC2(CC1)CNC2. The van der Waals surface area contributed by atoms with Crippen LogP contribution >= 0.6 is 0 Å². The summed E-state index contributed by atoms with van der Waals surface area (Å²) < 4.78 is 0. The van der Waals surface area contributed by atoms with Crippen molar-refractivity contribution in [3.63, 3.8) is 0 Å². The molecule has 0 aliphatic carbocycles. The largest absolute Gasteiger partial charge is 0.316 e. The Hall–Kier alpha value is -0.0800. The first kappa shape index (κ1) is 7.56. The third-order valence-corrected chi connectivity index (χ3v) is 3.36. The Kier molecular flexibility index (Phi) is 1.90. The van der Waals surface area contributed by atoms with Gasteiger partial charge in [0.15, 0.2) is 0 Å². The van der Waals surface area contributed by atoms with Crippen molar-refractivity contribution in [2.75, 3.05) is 32.7 Å². The number of hydrogen-bond acceptors (Lipinski definition) is 2. The van der Waals surface area contributed by atoms with Crippen LogP contribution in [0.5, 0.6) is 0 Å². The van der Waals surface area contributed by atoms with Gasteiger partial charge in [-0.1, -0.05) is 6.92 Å². The smallest absolute Gasteiger partial charge is 0.00212 e. The number of rotatable bonds is 1. The van der Waals surface area contributed by atoms with Crippen LogP contribution in [0.4, 0.5) is 0 Å². The van der Waals surface area contributed by atoms with Crippen LogP contribution in [0.2, 0.25) is 0 Å². The molecule has 0 amide bonds. The zero-order chi connectivity index (χ0) is 7.73. The van der Waals surface area contributed by atoms with Gasteiger partial charge in [-0.2, -0.15) is 0 Å². The van der Waals surface area contributed by atoms with Gasteiger partial charge in [-0.25, -0.2) is 0 Å². The molecule has 0 aromatic carbocycles. The summed E-state index contributed by atoms with van der Waals surface area (Å²) in [4.78, 5) is 2.56. The lowest BCUT2D eigenvalue weighted by atomic mass is 9.73. The predicted octanol–water partition coefficient (Wildman–Crippen LogP) is 0.692. The second-order valence-corrected chi connectivity index (χ2v) is 4.04. The first-order valence-electron chi connectivity index (χ1n) is 4.78. The number of hydrogen-bond donors (Lipinski definition) is 1. The highest BCUT2D eigenvalue weighted by atomic mass is 15.1. The fourth-order valence-electron chi connectivity index (χ4n) is 2.18. The van der Waals surface area contributed by atoms with Crippen LogP contribution in [0, 0.1) is 5.41 Å². The van der Waals surface area contributed by atoms with Gasteiger partial charge in [0.05, 0.1) is 0 Å². The maximum absolute atomic E-state index is 3.39. The van der Waals surface area contributed by atoms with E-state index in [1.54, 1.807) is 0 Å². The van der Waals surface area contributed by atoms with E-state index >= 15 is 0 Å².